The number of carbonyl (C=O) groups is 1. The second-order valence-electron chi connectivity index (χ2n) is 5.35. The Hall–Kier alpha value is -0.860. The van der Waals surface area contributed by atoms with E-state index in [1.165, 1.54) is 0 Å². The zero-order valence-corrected chi connectivity index (χ0v) is 14.0. The van der Waals surface area contributed by atoms with Crippen LogP contribution in [0.15, 0.2) is 4.99 Å². The van der Waals surface area contributed by atoms with Crippen molar-refractivity contribution in [2.24, 2.45) is 10.9 Å². The number of esters is 1. The van der Waals surface area contributed by atoms with Gasteiger partial charge in [0.15, 0.2) is 0 Å². The third kappa shape index (κ3) is 24.4. The number of hydrogen-bond donors (Lipinski definition) is 0. The monoisotopic (exact) mass is 259 g/mol. The van der Waals surface area contributed by atoms with Crippen molar-refractivity contribution >= 4 is 12.2 Å². The first-order chi connectivity index (χ1) is 8.10. The molecule has 0 spiro atoms. The predicted molar refractivity (Wildman–Crippen MR) is 81.3 cm³/mol. The summed E-state index contributed by atoms with van der Waals surface area (Å²) in [5, 5.41) is 0. The summed E-state index contributed by atoms with van der Waals surface area (Å²) >= 11 is 0. The van der Waals surface area contributed by atoms with Crippen LogP contribution in [0.25, 0.3) is 0 Å². The van der Waals surface area contributed by atoms with Crippen LogP contribution in [-0.2, 0) is 9.53 Å². The molecule has 0 amide bonds. The Bertz CT molecular complexity index is 212. The average Bonchev–Trinajstić information content (AvgIpc) is 2.17. The van der Waals surface area contributed by atoms with Gasteiger partial charge in [0.25, 0.3) is 0 Å². The summed E-state index contributed by atoms with van der Waals surface area (Å²) in [6, 6.07) is -0.394. The van der Waals surface area contributed by atoms with Crippen molar-refractivity contribution < 1.29 is 9.53 Å². The molecule has 0 aromatic heterocycles. The van der Waals surface area contributed by atoms with E-state index in [0.717, 1.165) is 5.92 Å². The zero-order valence-electron chi connectivity index (χ0n) is 14.0. The van der Waals surface area contributed by atoms with Crippen LogP contribution < -0.4 is 0 Å². The lowest BCUT2D eigenvalue weighted by molar-refractivity contribution is -0.155. The Morgan fingerprint density at radius 1 is 1.11 bits per heavy atom. The minimum Gasteiger partial charge on any atom is -0.458 e. The number of carbonyl (C=O) groups excluding carboxylic acids is 1. The Morgan fingerprint density at radius 2 is 1.44 bits per heavy atom. The maximum atomic E-state index is 11.2. The van der Waals surface area contributed by atoms with Crippen LogP contribution in [-0.4, -0.2) is 23.8 Å². The molecule has 0 aliphatic carbocycles. The third-order valence-electron chi connectivity index (χ3n) is 1.12. The molecule has 3 heteroatoms. The van der Waals surface area contributed by atoms with Crippen LogP contribution >= 0.6 is 0 Å². The van der Waals surface area contributed by atoms with Gasteiger partial charge in [-0.05, 0) is 46.8 Å². The molecule has 18 heavy (non-hydrogen) atoms. The third-order valence-corrected chi connectivity index (χ3v) is 1.12. The lowest BCUT2D eigenvalue weighted by Crippen LogP contribution is -2.29. The molecular formula is C15H33NO2. The number of ether oxygens (including phenoxy) is 1. The summed E-state index contributed by atoms with van der Waals surface area (Å²) in [4.78, 5) is 15.1. The minimum absolute atomic E-state index is 0.277. The number of hydrogen-bond acceptors (Lipinski definition) is 3. The van der Waals surface area contributed by atoms with Gasteiger partial charge in [0.05, 0.1) is 0 Å². The van der Waals surface area contributed by atoms with Crippen LogP contribution in [0.5, 0.6) is 0 Å². The summed E-state index contributed by atoms with van der Waals surface area (Å²) in [6.45, 7) is 19.5. The first-order valence-corrected chi connectivity index (χ1v) is 6.80. The average molecular weight is 259 g/mol. The van der Waals surface area contributed by atoms with Crippen molar-refractivity contribution in [3.8, 4) is 0 Å². The van der Waals surface area contributed by atoms with Crippen LogP contribution in [0.1, 0.15) is 69.2 Å². The molecule has 1 atom stereocenters. The highest BCUT2D eigenvalue weighted by Gasteiger charge is 2.20. The molecule has 0 N–H and O–H groups in total. The van der Waals surface area contributed by atoms with Gasteiger partial charge in [0.1, 0.15) is 11.6 Å². The predicted octanol–water partition coefficient (Wildman–Crippen LogP) is 4.50. The fraction of sp³-hybridized carbons (Fsp3) is 0.867. The molecule has 0 saturated carbocycles. The van der Waals surface area contributed by atoms with Gasteiger partial charge in [0.2, 0.25) is 0 Å². The summed E-state index contributed by atoms with van der Waals surface area (Å²) in [6.07, 6.45) is 1.61. The van der Waals surface area contributed by atoms with E-state index in [2.05, 4.69) is 25.8 Å². The van der Waals surface area contributed by atoms with Crippen molar-refractivity contribution in [2.45, 2.75) is 80.9 Å². The van der Waals surface area contributed by atoms with E-state index in [0.29, 0.717) is 0 Å². The minimum atomic E-state index is -0.422. The second kappa shape index (κ2) is 12.6. The highest BCUT2D eigenvalue weighted by molar-refractivity contribution is 5.77. The Labute approximate surface area is 114 Å². The van der Waals surface area contributed by atoms with Crippen molar-refractivity contribution in [1.82, 2.24) is 0 Å². The summed E-state index contributed by atoms with van der Waals surface area (Å²) in [5.41, 5.74) is -0.422. The molecule has 0 rings (SSSR count). The maximum absolute atomic E-state index is 11.2. The highest BCUT2D eigenvalue weighted by Crippen LogP contribution is 2.09. The van der Waals surface area contributed by atoms with Gasteiger partial charge in [-0.2, -0.15) is 0 Å². The smallest absolute Gasteiger partial charge is 0.331 e. The molecule has 0 fully saturated rings. The quantitative estimate of drug-likeness (QED) is 0.541. The van der Waals surface area contributed by atoms with Crippen LogP contribution in [0.4, 0.5) is 0 Å². The maximum Gasteiger partial charge on any atom is 0.331 e. The van der Waals surface area contributed by atoms with E-state index in [-0.39, 0.29) is 5.97 Å². The van der Waals surface area contributed by atoms with Gasteiger partial charge in [-0.1, -0.05) is 34.6 Å². The van der Waals surface area contributed by atoms with E-state index in [4.69, 9.17) is 4.74 Å². The molecule has 1 unspecified atom stereocenters. The number of aliphatic imine (C=N–C) groups is 1. The molecule has 0 aromatic rings. The topological polar surface area (TPSA) is 38.7 Å². The largest absolute Gasteiger partial charge is 0.458 e. The van der Waals surface area contributed by atoms with Crippen LogP contribution in [0, 0.1) is 5.92 Å². The molecule has 110 valence electrons. The Balaban J connectivity index is -0.000000317. The highest BCUT2D eigenvalue weighted by atomic mass is 16.6. The standard InChI is InChI=1S/C9H17NO2.C4H10.C2H6/c1-6-10-7(2)8(11)12-9(3,4)5;1-4(2)3;1-2/h6-7H,1-5H3;4H,1-3H3;1-2H3. The van der Waals surface area contributed by atoms with Crippen molar-refractivity contribution in [3.63, 3.8) is 0 Å². The normalized spacial score (nSPS) is 12.2. The van der Waals surface area contributed by atoms with E-state index < -0.39 is 11.6 Å². The Kier molecular flexibility index (Phi) is 15.6. The molecule has 0 aliphatic rings. The molecule has 0 heterocycles. The lowest BCUT2D eigenvalue weighted by atomic mass is 10.2. The fourth-order valence-electron chi connectivity index (χ4n) is 0.672. The van der Waals surface area contributed by atoms with Crippen molar-refractivity contribution in [2.75, 3.05) is 0 Å². The van der Waals surface area contributed by atoms with Gasteiger partial charge in [-0.15, -0.1) is 0 Å². The molecule has 3 nitrogen and oxygen atoms in total. The van der Waals surface area contributed by atoms with Gasteiger partial charge < -0.3 is 4.74 Å². The van der Waals surface area contributed by atoms with Crippen LogP contribution in [0.2, 0.25) is 0 Å². The first-order valence-electron chi connectivity index (χ1n) is 6.80. The molecule has 0 bridgehead atoms. The van der Waals surface area contributed by atoms with Crippen LogP contribution in [0.3, 0.4) is 0 Å². The summed E-state index contributed by atoms with van der Waals surface area (Å²) in [5.74, 6) is 0.556. The van der Waals surface area contributed by atoms with E-state index >= 15 is 0 Å². The van der Waals surface area contributed by atoms with Crippen molar-refractivity contribution in [1.29, 1.82) is 0 Å². The van der Waals surface area contributed by atoms with E-state index in [1.54, 1.807) is 20.1 Å². The lowest BCUT2D eigenvalue weighted by Gasteiger charge is -2.20. The number of rotatable bonds is 2. The summed E-state index contributed by atoms with van der Waals surface area (Å²) < 4.78 is 5.10. The molecule has 0 radical (unpaired) electrons. The van der Waals surface area contributed by atoms with Gasteiger partial charge in [0, 0.05) is 0 Å². The molecular weight excluding hydrogens is 226 g/mol. The van der Waals surface area contributed by atoms with Crippen molar-refractivity contribution in [3.05, 3.63) is 0 Å². The fourth-order valence-corrected chi connectivity index (χ4v) is 0.672. The van der Waals surface area contributed by atoms with E-state index in [1.807, 2.05) is 34.6 Å². The second-order valence-corrected chi connectivity index (χ2v) is 5.35. The first kappa shape index (κ1) is 22.3. The SMILES string of the molecule is CC.CC(C)C.CC=NC(C)C(=O)OC(C)(C)C. The van der Waals surface area contributed by atoms with Gasteiger partial charge in [-0.25, -0.2) is 4.79 Å². The Morgan fingerprint density at radius 3 is 1.67 bits per heavy atom. The molecule has 0 aromatic carbocycles. The molecule has 0 saturated heterocycles. The number of nitrogens with zero attached hydrogens (tertiary/aromatic N) is 1. The van der Waals surface area contributed by atoms with Gasteiger partial charge in [-0.3, -0.25) is 4.99 Å². The van der Waals surface area contributed by atoms with E-state index in [9.17, 15) is 4.79 Å². The zero-order chi connectivity index (χ0) is 15.4. The molecule has 0 aliphatic heterocycles. The van der Waals surface area contributed by atoms with Gasteiger partial charge >= 0.3 is 5.97 Å². The summed E-state index contributed by atoms with van der Waals surface area (Å²) in [7, 11) is 0.